The maximum Gasteiger partial charge on any atom is 0.237 e. The molecule has 2 amide bonds. The van der Waals surface area contributed by atoms with Crippen molar-refractivity contribution >= 4 is 11.8 Å². The molecule has 2 rings (SSSR count). The van der Waals surface area contributed by atoms with Gasteiger partial charge in [0.05, 0.1) is 12.5 Å². The van der Waals surface area contributed by atoms with Gasteiger partial charge in [-0.15, -0.1) is 0 Å². The zero-order valence-corrected chi connectivity index (χ0v) is 14.2. The first-order valence-electron chi connectivity index (χ1n) is 8.23. The molecule has 23 heavy (non-hydrogen) atoms. The number of piperazine rings is 1. The zero-order chi connectivity index (χ0) is 16.8. The largest absolute Gasteiger partial charge is 0.353 e. The molecule has 1 fully saturated rings. The van der Waals surface area contributed by atoms with Crippen LogP contribution in [0.4, 0.5) is 0 Å². The number of hydrogen-bond acceptors (Lipinski definition) is 4. The maximum absolute atomic E-state index is 12.7. The lowest BCUT2D eigenvalue weighted by atomic mass is 10.1. The van der Waals surface area contributed by atoms with Crippen LogP contribution in [0.1, 0.15) is 32.8 Å². The highest BCUT2D eigenvalue weighted by atomic mass is 16.2. The molecule has 0 radical (unpaired) electrons. The van der Waals surface area contributed by atoms with Gasteiger partial charge in [-0.25, -0.2) is 0 Å². The first-order valence-corrected chi connectivity index (χ1v) is 8.23. The SMILES string of the molecule is CCN(Cc1ccncc1)C(=O)C[C@H]1C(=O)NCCN1C(C)C. The molecule has 1 atom stereocenters. The standard InChI is InChI=1S/C17H26N4O2/c1-4-20(12-14-5-7-18-8-6-14)16(22)11-15-17(23)19-9-10-21(15)13(2)3/h5-8,13,15H,4,9-12H2,1-3H3,(H,19,23)/t15-/m0/s1. The molecule has 2 heterocycles. The number of amides is 2. The first-order chi connectivity index (χ1) is 11.0. The van der Waals surface area contributed by atoms with E-state index in [4.69, 9.17) is 0 Å². The summed E-state index contributed by atoms with van der Waals surface area (Å²) in [5.74, 6) is -0.0322. The summed E-state index contributed by atoms with van der Waals surface area (Å²) in [6.45, 7) is 8.69. The molecule has 1 aliphatic rings. The Kier molecular flexibility index (Phi) is 6.10. The van der Waals surface area contributed by atoms with Crippen molar-refractivity contribution in [1.29, 1.82) is 0 Å². The minimum Gasteiger partial charge on any atom is -0.353 e. The average Bonchev–Trinajstić information content (AvgIpc) is 2.55. The Morgan fingerprint density at radius 2 is 2.13 bits per heavy atom. The number of aromatic nitrogens is 1. The number of hydrogen-bond donors (Lipinski definition) is 1. The molecule has 1 aromatic heterocycles. The summed E-state index contributed by atoms with van der Waals surface area (Å²) in [5, 5.41) is 2.87. The second-order valence-corrected chi connectivity index (χ2v) is 6.11. The van der Waals surface area contributed by atoms with E-state index in [2.05, 4.69) is 29.0 Å². The predicted molar refractivity (Wildman–Crippen MR) is 88.6 cm³/mol. The Labute approximate surface area is 137 Å². The van der Waals surface area contributed by atoms with Gasteiger partial charge in [0.1, 0.15) is 0 Å². The molecule has 0 spiro atoms. The molecule has 1 aliphatic heterocycles. The molecule has 0 unspecified atom stereocenters. The third-order valence-corrected chi connectivity index (χ3v) is 4.26. The van der Waals surface area contributed by atoms with E-state index in [0.717, 1.165) is 12.1 Å². The highest BCUT2D eigenvalue weighted by Crippen LogP contribution is 2.15. The smallest absolute Gasteiger partial charge is 0.237 e. The Balaban J connectivity index is 2.03. The highest BCUT2D eigenvalue weighted by Gasteiger charge is 2.33. The molecule has 6 nitrogen and oxygen atoms in total. The number of pyridine rings is 1. The van der Waals surface area contributed by atoms with Crippen LogP contribution < -0.4 is 5.32 Å². The van der Waals surface area contributed by atoms with Gasteiger partial charge < -0.3 is 10.2 Å². The quantitative estimate of drug-likeness (QED) is 0.851. The number of nitrogens with one attached hydrogen (secondary N) is 1. The first kappa shape index (κ1) is 17.4. The summed E-state index contributed by atoms with van der Waals surface area (Å²) in [5.41, 5.74) is 1.05. The van der Waals surface area contributed by atoms with Crippen LogP contribution in [0.3, 0.4) is 0 Å². The lowest BCUT2D eigenvalue weighted by molar-refractivity contribution is -0.139. The van der Waals surface area contributed by atoms with Crippen molar-refractivity contribution in [3.63, 3.8) is 0 Å². The zero-order valence-electron chi connectivity index (χ0n) is 14.2. The van der Waals surface area contributed by atoms with Crippen molar-refractivity contribution in [2.75, 3.05) is 19.6 Å². The Morgan fingerprint density at radius 3 is 2.74 bits per heavy atom. The topological polar surface area (TPSA) is 65.5 Å². The fourth-order valence-corrected chi connectivity index (χ4v) is 2.94. The Morgan fingerprint density at radius 1 is 1.43 bits per heavy atom. The van der Waals surface area contributed by atoms with Gasteiger partial charge in [-0.2, -0.15) is 0 Å². The third-order valence-electron chi connectivity index (χ3n) is 4.26. The van der Waals surface area contributed by atoms with Gasteiger partial charge in [-0.05, 0) is 38.5 Å². The molecule has 0 bridgehead atoms. The second-order valence-electron chi connectivity index (χ2n) is 6.11. The van der Waals surface area contributed by atoms with Crippen LogP contribution in [0.15, 0.2) is 24.5 Å². The van der Waals surface area contributed by atoms with Gasteiger partial charge in [0.25, 0.3) is 0 Å². The molecular formula is C17H26N4O2. The number of rotatable bonds is 6. The summed E-state index contributed by atoms with van der Waals surface area (Å²) in [7, 11) is 0. The van der Waals surface area contributed by atoms with Gasteiger partial charge in [0.15, 0.2) is 0 Å². The molecule has 1 saturated heterocycles. The fourth-order valence-electron chi connectivity index (χ4n) is 2.94. The van der Waals surface area contributed by atoms with Crippen LogP contribution in [0.25, 0.3) is 0 Å². The van der Waals surface area contributed by atoms with E-state index in [1.807, 2.05) is 19.1 Å². The van der Waals surface area contributed by atoms with Crippen molar-refractivity contribution < 1.29 is 9.59 Å². The summed E-state index contributed by atoms with van der Waals surface area (Å²) in [4.78, 5) is 32.7. The molecule has 0 aliphatic carbocycles. The summed E-state index contributed by atoms with van der Waals surface area (Å²) in [6, 6.07) is 3.68. The van der Waals surface area contributed by atoms with E-state index in [-0.39, 0.29) is 30.3 Å². The van der Waals surface area contributed by atoms with Gasteiger partial charge in [-0.1, -0.05) is 0 Å². The molecular weight excluding hydrogens is 292 g/mol. The molecule has 126 valence electrons. The van der Waals surface area contributed by atoms with Gasteiger partial charge in [0.2, 0.25) is 11.8 Å². The lowest BCUT2D eigenvalue weighted by Gasteiger charge is -2.38. The van der Waals surface area contributed by atoms with Crippen LogP contribution >= 0.6 is 0 Å². The van der Waals surface area contributed by atoms with Crippen molar-refractivity contribution in [3.05, 3.63) is 30.1 Å². The van der Waals surface area contributed by atoms with Crippen LogP contribution in [-0.2, 0) is 16.1 Å². The lowest BCUT2D eigenvalue weighted by Crippen LogP contribution is -2.58. The molecule has 1 N–H and O–H groups in total. The Bertz CT molecular complexity index is 533. The number of carbonyl (C=O) groups excluding carboxylic acids is 2. The second kappa shape index (κ2) is 8.06. The van der Waals surface area contributed by atoms with Crippen molar-refractivity contribution in [2.45, 2.75) is 45.8 Å². The van der Waals surface area contributed by atoms with Crippen molar-refractivity contribution in [2.24, 2.45) is 0 Å². The van der Waals surface area contributed by atoms with Gasteiger partial charge >= 0.3 is 0 Å². The fraction of sp³-hybridized carbons (Fsp3) is 0.588. The van der Waals surface area contributed by atoms with Crippen LogP contribution in [0, 0.1) is 0 Å². The minimum absolute atomic E-state index is 0.0111. The van der Waals surface area contributed by atoms with E-state index >= 15 is 0 Å². The summed E-state index contributed by atoms with van der Waals surface area (Å²) < 4.78 is 0. The predicted octanol–water partition coefficient (Wildman–Crippen LogP) is 1.03. The van der Waals surface area contributed by atoms with Crippen molar-refractivity contribution in [3.8, 4) is 0 Å². The van der Waals surface area contributed by atoms with Crippen molar-refractivity contribution in [1.82, 2.24) is 20.1 Å². The third kappa shape index (κ3) is 4.51. The van der Waals surface area contributed by atoms with Crippen LogP contribution in [0.5, 0.6) is 0 Å². The van der Waals surface area contributed by atoms with Gasteiger partial charge in [0, 0.05) is 44.6 Å². The monoisotopic (exact) mass is 318 g/mol. The Hall–Kier alpha value is -1.95. The van der Waals surface area contributed by atoms with E-state index in [1.54, 1.807) is 17.3 Å². The summed E-state index contributed by atoms with van der Waals surface area (Å²) in [6.07, 6.45) is 3.67. The highest BCUT2D eigenvalue weighted by molar-refractivity contribution is 5.88. The number of nitrogens with zero attached hydrogens (tertiary/aromatic N) is 3. The molecule has 0 saturated carbocycles. The van der Waals surface area contributed by atoms with Crippen LogP contribution in [0.2, 0.25) is 0 Å². The molecule has 0 aromatic carbocycles. The molecule has 1 aromatic rings. The van der Waals surface area contributed by atoms with Gasteiger partial charge in [-0.3, -0.25) is 19.5 Å². The average molecular weight is 318 g/mol. The normalized spacial score (nSPS) is 18.8. The van der Waals surface area contributed by atoms with Crippen LogP contribution in [-0.4, -0.2) is 58.3 Å². The van der Waals surface area contributed by atoms with E-state index < -0.39 is 0 Å². The van der Waals surface area contributed by atoms with E-state index in [1.165, 1.54) is 0 Å². The van der Waals surface area contributed by atoms with E-state index in [9.17, 15) is 9.59 Å². The number of carbonyl (C=O) groups is 2. The maximum atomic E-state index is 12.7. The summed E-state index contributed by atoms with van der Waals surface area (Å²) >= 11 is 0. The molecule has 6 heteroatoms. The van der Waals surface area contributed by atoms with E-state index in [0.29, 0.717) is 19.6 Å². The minimum atomic E-state index is -0.372.